The van der Waals surface area contributed by atoms with Gasteiger partial charge in [-0.05, 0) is 29.2 Å². The van der Waals surface area contributed by atoms with Crippen molar-refractivity contribution in [1.29, 1.82) is 0 Å². The van der Waals surface area contributed by atoms with Crippen LogP contribution >= 0.6 is 0 Å². The van der Waals surface area contributed by atoms with Gasteiger partial charge in [-0.1, -0.05) is 44.2 Å². The van der Waals surface area contributed by atoms with Gasteiger partial charge in [0.25, 0.3) is 0 Å². The average Bonchev–Trinajstić information content (AvgIpc) is 2.56. The lowest BCUT2D eigenvalue weighted by atomic mass is 10.0. The SMILES string of the molecule is CC(C)c1ccc(CCOc2ncnc3c(F)cccc23)cc1. The molecular weight excluding hydrogens is 291 g/mol. The highest BCUT2D eigenvalue weighted by Gasteiger charge is 2.08. The molecule has 0 saturated heterocycles. The van der Waals surface area contributed by atoms with Crippen molar-refractivity contribution < 1.29 is 9.13 Å². The molecule has 0 saturated carbocycles. The lowest BCUT2D eigenvalue weighted by Crippen LogP contribution is -2.04. The summed E-state index contributed by atoms with van der Waals surface area (Å²) in [5.41, 5.74) is 2.82. The van der Waals surface area contributed by atoms with Crippen molar-refractivity contribution in [1.82, 2.24) is 9.97 Å². The number of benzene rings is 2. The fraction of sp³-hybridized carbons (Fsp3) is 0.263. The molecule has 0 atom stereocenters. The van der Waals surface area contributed by atoms with E-state index in [9.17, 15) is 4.39 Å². The molecule has 0 radical (unpaired) electrons. The van der Waals surface area contributed by atoms with Crippen molar-refractivity contribution in [2.24, 2.45) is 0 Å². The normalized spacial score (nSPS) is 11.1. The Morgan fingerprint density at radius 1 is 1.04 bits per heavy atom. The van der Waals surface area contributed by atoms with Crippen LogP contribution in [0.15, 0.2) is 48.8 Å². The van der Waals surface area contributed by atoms with Gasteiger partial charge < -0.3 is 4.74 Å². The summed E-state index contributed by atoms with van der Waals surface area (Å²) in [6.45, 7) is 4.85. The van der Waals surface area contributed by atoms with Gasteiger partial charge in [0.15, 0.2) is 0 Å². The molecule has 4 heteroatoms. The number of para-hydroxylation sites is 1. The minimum Gasteiger partial charge on any atom is -0.477 e. The third-order valence-corrected chi connectivity index (χ3v) is 3.85. The summed E-state index contributed by atoms with van der Waals surface area (Å²) in [5, 5.41) is 0.600. The Balaban J connectivity index is 1.68. The van der Waals surface area contributed by atoms with Crippen LogP contribution in [-0.2, 0) is 6.42 Å². The van der Waals surface area contributed by atoms with Gasteiger partial charge in [0.2, 0.25) is 5.88 Å². The van der Waals surface area contributed by atoms with Crippen LogP contribution < -0.4 is 4.74 Å². The lowest BCUT2D eigenvalue weighted by molar-refractivity contribution is 0.313. The van der Waals surface area contributed by atoms with Gasteiger partial charge in [0.1, 0.15) is 17.7 Å². The maximum atomic E-state index is 13.7. The van der Waals surface area contributed by atoms with Gasteiger partial charge in [-0.25, -0.2) is 14.4 Å². The van der Waals surface area contributed by atoms with E-state index >= 15 is 0 Å². The minimum absolute atomic E-state index is 0.291. The van der Waals surface area contributed by atoms with Crippen molar-refractivity contribution in [3.05, 3.63) is 65.7 Å². The number of hydrogen-bond donors (Lipinski definition) is 0. The fourth-order valence-electron chi connectivity index (χ4n) is 2.48. The Labute approximate surface area is 135 Å². The molecule has 0 amide bonds. The first kappa shape index (κ1) is 15.4. The Morgan fingerprint density at radius 2 is 1.83 bits per heavy atom. The first-order valence-corrected chi connectivity index (χ1v) is 7.76. The van der Waals surface area contributed by atoms with Crippen LogP contribution in [0.25, 0.3) is 10.9 Å². The van der Waals surface area contributed by atoms with Crippen molar-refractivity contribution >= 4 is 10.9 Å². The number of halogens is 1. The molecule has 118 valence electrons. The van der Waals surface area contributed by atoms with Crippen molar-refractivity contribution in [3.63, 3.8) is 0 Å². The Bertz CT molecular complexity index is 800. The summed E-state index contributed by atoms with van der Waals surface area (Å²) in [6.07, 6.45) is 2.11. The first-order chi connectivity index (χ1) is 11.1. The molecule has 1 heterocycles. The molecule has 23 heavy (non-hydrogen) atoms. The van der Waals surface area contributed by atoms with Crippen molar-refractivity contribution in [3.8, 4) is 5.88 Å². The molecule has 0 unspecified atom stereocenters. The Hall–Kier alpha value is -2.49. The smallest absolute Gasteiger partial charge is 0.224 e. The van der Waals surface area contributed by atoms with Crippen LogP contribution in [0, 0.1) is 5.82 Å². The molecule has 0 N–H and O–H groups in total. The number of rotatable bonds is 5. The van der Waals surface area contributed by atoms with Gasteiger partial charge in [-0.15, -0.1) is 0 Å². The maximum absolute atomic E-state index is 13.7. The molecule has 3 rings (SSSR count). The summed E-state index contributed by atoms with van der Waals surface area (Å²) in [5.74, 6) is 0.593. The monoisotopic (exact) mass is 310 g/mol. The molecule has 0 aliphatic carbocycles. The number of nitrogens with zero attached hydrogens (tertiary/aromatic N) is 2. The summed E-state index contributed by atoms with van der Waals surface area (Å²) in [6, 6.07) is 13.3. The zero-order chi connectivity index (χ0) is 16.2. The predicted molar refractivity (Wildman–Crippen MR) is 89.2 cm³/mol. The molecule has 1 aromatic heterocycles. The van der Waals surface area contributed by atoms with Crippen LogP contribution in [-0.4, -0.2) is 16.6 Å². The third-order valence-electron chi connectivity index (χ3n) is 3.85. The molecular formula is C19H19FN2O. The van der Waals surface area contributed by atoms with E-state index < -0.39 is 0 Å². The second kappa shape index (κ2) is 6.73. The standard InChI is InChI=1S/C19H19FN2O/c1-13(2)15-8-6-14(7-9-15)10-11-23-19-16-4-3-5-17(20)18(16)21-12-22-19/h3-9,12-13H,10-11H2,1-2H3. The van der Waals surface area contributed by atoms with Crippen LogP contribution in [0.5, 0.6) is 5.88 Å². The van der Waals surface area contributed by atoms with Crippen LogP contribution in [0.4, 0.5) is 4.39 Å². The van der Waals surface area contributed by atoms with Crippen molar-refractivity contribution in [2.45, 2.75) is 26.2 Å². The van der Waals surface area contributed by atoms with E-state index in [1.54, 1.807) is 12.1 Å². The van der Waals surface area contributed by atoms with E-state index in [4.69, 9.17) is 4.74 Å². The van der Waals surface area contributed by atoms with E-state index in [1.165, 1.54) is 23.5 Å². The highest BCUT2D eigenvalue weighted by atomic mass is 19.1. The Morgan fingerprint density at radius 3 is 2.57 bits per heavy atom. The number of ether oxygens (including phenoxy) is 1. The van der Waals surface area contributed by atoms with E-state index in [0.29, 0.717) is 29.3 Å². The van der Waals surface area contributed by atoms with Crippen LogP contribution in [0.3, 0.4) is 0 Å². The number of aromatic nitrogens is 2. The maximum Gasteiger partial charge on any atom is 0.224 e. The average molecular weight is 310 g/mol. The van der Waals surface area contributed by atoms with Crippen LogP contribution in [0.1, 0.15) is 30.9 Å². The second-order valence-corrected chi connectivity index (χ2v) is 5.81. The third kappa shape index (κ3) is 3.47. The topological polar surface area (TPSA) is 35.0 Å². The van der Waals surface area contributed by atoms with Gasteiger partial charge in [-0.3, -0.25) is 0 Å². The van der Waals surface area contributed by atoms with E-state index in [2.05, 4.69) is 48.1 Å². The molecule has 0 aliphatic heterocycles. The van der Waals surface area contributed by atoms with Crippen molar-refractivity contribution in [2.75, 3.05) is 6.61 Å². The second-order valence-electron chi connectivity index (χ2n) is 5.81. The molecule has 0 fully saturated rings. The largest absolute Gasteiger partial charge is 0.477 e. The van der Waals surface area contributed by atoms with Gasteiger partial charge in [-0.2, -0.15) is 0 Å². The summed E-state index contributed by atoms with van der Waals surface area (Å²) in [4.78, 5) is 8.08. The Kier molecular flexibility index (Phi) is 4.51. The number of fused-ring (bicyclic) bond motifs is 1. The predicted octanol–water partition coefficient (Wildman–Crippen LogP) is 4.51. The van der Waals surface area contributed by atoms with E-state index in [0.717, 1.165) is 6.42 Å². The molecule has 3 aromatic rings. The highest BCUT2D eigenvalue weighted by molar-refractivity contribution is 5.83. The number of hydrogen-bond acceptors (Lipinski definition) is 3. The van der Waals surface area contributed by atoms with Gasteiger partial charge in [0, 0.05) is 6.42 Å². The molecule has 0 bridgehead atoms. The summed E-state index contributed by atoms with van der Waals surface area (Å²) >= 11 is 0. The first-order valence-electron chi connectivity index (χ1n) is 7.76. The molecule has 3 nitrogen and oxygen atoms in total. The lowest BCUT2D eigenvalue weighted by Gasteiger charge is -2.09. The zero-order valence-electron chi connectivity index (χ0n) is 13.3. The minimum atomic E-state index is -0.362. The van der Waals surface area contributed by atoms with Gasteiger partial charge >= 0.3 is 0 Å². The van der Waals surface area contributed by atoms with Crippen LogP contribution in [0.2, 0.25) is 0 Å². The fourth-order valence-corrected chi connectivity index (χ4v) is 2.48. The van der Waals surface area contributed by atoms with E-state index in [1.807, 2.05) is 0 Å². The highest BCUT2D eigenvalue weighted by Crippen LogP contribution is 2.23. The molecule has 0 aliphatic rings. The van der Waals surface area contributed by atoms with E-state index in [-0.39, 0.29) is 5.82 Å². The molecule has 0 spiro atoms. The van der Waals surface area contributed by atoms with Gasteiger partial charge in [0.05, 0.1) is 12.0 Å². The summed E-state index contributed by atoms with van der Waals surface area (Å²) < 4.78 is 19.4. The zero-order valence-corrected chi connectivity index (χ0v) is 13.3. The summed E-state index contributed by atoms with van der Waals surface area (Å²) in [7, 11) is 0. The molecule has 2 aromatic carbocycles. The quantitative estimate of drug-likeness (QED) is 0.695.